The van der Waals surface area contributed by atoms with Crippen LogP contribution in [0.2, 0.25) is 5.02 Å². The summed E-state index contributed by atoms with van der Waals surface area (Å²) in [4.78, 5) is 11.5. The van der Waals surface area contributed by atoms with Crippen LogP contribution in [0.25, 0.3) is 0 Å². The van der Waals surface area contributed by atoms with Gasteiger partial charge in [0.25, 0.3) is 10.0 Å². The van der Waals surface area contributed by atoms with Crippen molar-refractivity contribution in [2.24, 2.45) is 0 Å². The van der Waals surface area contributed by atoms with Crippen molar-refractivity contribution in [3.8, 4) is 5.75 Å². The van der Waals surface area contributed by atoms with Gasteiger partial charge in [0.1, 0.15) is 11.3 Å². The Bertz CT molecular complexity index is 803. The minimum Gasteiger partial charge on any atom is -0.495 e. The number of nitrogens with one attached hydrogen (secondary N) is 2. The van der Waals surface area contributed by atoms with E-state index < -0.39 is 21.0 Å². The second-order valence-corrected chi connectivity index (χ2v) is 6.09. The maximum absolute atomic E-state index is 12.3. The van der Waals surface area contributed by atoms with Gasteiger partial charge in [0, 0.05) is 0 Å². The number of ether oxygens (including phenoxy) is 2. The first-order valence-electron chi connectivity index (χ1n) is 5.87. The van der Waals surface area contributed by atoms with Crippen molar-refractivity contribution < 1.29 is 22.7 Å². The van der Waals surface area contributed by atoms with Crippen LogP contribution in [0.1, 0.15) is 10.4 Å². The molecule has 2 rings (SSSR count). The minimum absolute atomic E-state index is 0.199. The van der Waals surface area contributed by atoms with Crippen molar-refractivity contribution in [3.63, 3.8) is 0 Å². The third kappa shape index (κ3) is 3.15. The topological polar surface area (TPSA) is 110 Å². The first-order chi connectivity index (χ1) is 10.4. The highest BCUT2D eigenvalue weighted by molar-refractivity contribution is 7.92. The van der Waals surface area contributed by atoms with E-state index in [1.807, 2.05) is 0 Å². The van der Waals surface area contributed by atoms with Crippen molar-refractivity contribution in [3.05, 3.63) is 35.0 Å². The fourth-order valence-corrected chi connectivity index (χ4v) is 3.07. The average Bonchev–Trinajstić information content (AvgIpc) is 2.96. The van der Waals surface area contributed by atoms with E-state index in [-0.39, 0.29) is 16.3 Å². The number of carbonyl (C=O) groups excluding carboxylic acids is 1. The predicted octanol–water partition coefficient (Wildman–Crippen LogP) is 1.66. The molecule has 0 unspecified atom stereocenters. The van der Waals surface area contributed by atoms with Gasteiger partial charge in [-0.1, -0.05) is 11.6 Å². The Morgan fingerprint density at radius 3 is 2.68 bits per heavy atom. The van der Waals surface area contributed by atoms with Crippen molar-refractivity contribution in [2.75, 3.05) is 18.9 Å². The molecule has 22 heavy (non-hydrogen) atoms. The van der Waals surface area contributed by atoms with E-state index in [2.05, 4.69) is 19.7 Å². The molecular formula is C12H12ClN3O5S. The summed E-state index contributed by atoms with van der Waals surface area (Å²) >= 11 is 5.93. The molecule has 8 nitrogen and oxygen atoms in total. The Morgan fingerprint density at radius 2 is 2.09 bits per heavy atom. The van der Waals surface area contributed by atoms with Crippen LogP contribution in [-0.4, -0.2) is 38.8 Å². The molecule has 0 aliphatic rings. The second-order valence-electron chi connectivity index (χ2n) is 4.06. The zero-order chi connectivity index (χ0) is 16.3. The average molecular weight is 346 g/mol. The summed E-state index contributed by atoms with van der Waals surface area (Å²) in [6, 6.07) is 4.36. The number of methoxy groups -OCH3 is 2. The van der Waals surface area contributed by atoms with Gasteiger partial charge in [-0.3, -0.25) is 9.82 Å². The molecule has 1 heterocycles. The van der Waals surface area contributed by atoms with E-state index in [4.69, 9.17) is 16.3 Å². The molecule has 0 aliphatic heterocycles. The summed E-state index contributed by atoms with van der Waals surface area (Å²) < 4.78 is 36.4. The molecule has 1 aromatic heterocycles. The molecule has 0 radical (unpaired) electrons. The summed E-state index contributed by atoms with van der Waals surface area (Å²) in [5.74, 6) is -0.414. The number of hydrogen-bond donors (Lipinski definition) is 2. The molecule has 0 saturated carbocycles. The Kier molecular flexibility index (Phi) is 4.57. The monoisotopic (exact) mass is 345 g/mol. The lowest BCUT2D eigenvalue weighted by atomic mass is 10.3. The SMILES string of the molecule is COC(=O)c1cn[nH]c1S(=O)(=O)Nc1ccc(OC)c(Cl)c1. The molecule has 0 amide bonds. The van der Waals surface area contributed by atoms with Gasteiger partial charge in [0.15, 0.2) is 5.03 Å². The molecule has 2 N–H and O–H groups in total. The standard InChI is InChI=1S/C12H12ClN3O5S/c1-20-10-4-3-7(5-9(10)13)16-22(18,19)11-8(6-14-15-11)12(17)21-2/h3-6,16H,1-2H3,(H,14,15). The minimum atomic E-state index is -4.06. The fraction of sp³-hybridized carbons (Fsp3) is 0.167. The Hall–Kier alpha value is -2.26. The van der Waals surface area contributed by atoms with Gasteiger partial charge in [-0.25, -0.2) is 4.79 Å². The van der Waals surface area contributed by atoms with E-state index in [0.29, 0.717) is 5.75 Å². The van der Waals surface area contributed by atoms with E-state index in [1.54, 1.807) is 0 Å². The van der Waals surface area contributed by atoms with Crippen molar-refractivity contribution in [2.45, 2.75) is 5.03 Å². The number of halogens is 1. The number of aromatic amines is 1. The van der Waals surface area contributed by atoms with Crippen LogP contribution >= 0.6 is 11.6 Å². The molecule has 0 spiro atoms. The first kappa shape index (κ1) is 16.1. The van der Waals surface area contributed by atoms with Crippen LogP contribution in [0.3, 0.4) is 0 Å². The summed E-state index contributed by atoms with van der Waals surface area (Å²) in [5.41, 5.74) is 0.00539. The maximum atomic E-state index is 12.3. The molecule has 0 fully saturated rings. The molecule has 10 heteroatoms. The number of hydrogen-bond acceptors (Lipinski definition) is 6. The largest absolute Gasteiger partial charge is 0.495 e. The van der Waals surface area contributed by atoms with Crippen LogP contribution in [0, 0.1) is 0 Å². The number of esters is 1. The highest BCUT2D eigenvalue weighted by Gasteiger charge is 2.25. The van der Waals surface area contributed by atoms with Crippen LogP contribution < -0.4 is 9.46 Å². The smallest absolute Gasteiger partial charge is 0.342 e. The van der Waals surface area contributed by atoms with Crippen molar-refractivity contribution in [1.82, 2.24) is 10.2 Å². The number of sulfonamides is 1. The number of carbonyl (C=O) groups is 1. The number of anilines is 1. The van der Waals surface area contributed by atoms with Gasteiger partial charge >= 0.3 is 5.97 Å². The number of rotatable bonds is 5. The molecule has 0 saturated heterocycles. The van der Waals surface area contributed by atoms with E-state index in [1.165, 1.54) is 25.3 Å². The summed E-state index contributed by atoms with van der Waals surface area (Å²) in [6.07, 6.45) is 1.07. The molecule has 0 bridgehead atoms. The number of benzene rings is 1. The van der Waals surface area contributed by atoms with Gasteiger partial charge in [0.05, 0.1) is 31.1 Å². The van der Waals surface area contributed by atoms with Gasteiger partial charge in [-0.05, 0) is 18.2 Å². The summed E-state index contributed by atoms with van der Waals surface area (Å²) in [5, 5.41) is 5.65. The lowest BCUT2D eigenvalue weighted by Crippen LogP contribution is -2.17. The zero-order valence-corrected chi connectivity index (χ0v) is 13.2. The van der Waals surface area contributed by atoms with Crippen LogP contribution in [-0.2, 0) is 14.8 Å². The normalized spacial score (nSPS) is 11.0. The van der Waals surface area contributed by atoms with Gasteiger partial charge < -0.3 is 9.47 Å². The van der Waals surface area contributed by atoms with Crippen LogP contribution in [0.5, 0.6) is 5.75 Å². The number of H-pyrrole nitrogens is 1. The predicted molar refractivity (Wildman–Crippen MR) is 78.7 cm³/mol. The molecule has 1 aromatic carbocycles. The Labute approximate surface area is 131 Å². The van der Waals surface area contributed by atoms with E-state index in [9.17, 15) is 13.2 Å². The first-order valence-corrected chi connectivity index (χ1v) is 7.73. The lowest BCUT2D eigenvalue weighted by molar-refractivity contribution is 0.0596. The molecule has 118 valence electrons. The highest BCUT2D eigenvalue weighted by Crippen LogP contribution is 2.28. The maximum Gasteiger partial charge on any atom is 0.342 e. The summed E-state index contributed by atoms with van der Waals surface area (Å²) in [6.45, 7) is 0. The van der Waals surface area contributed by atoms with Gasteiger partial charge in [0.2, 0.25) is 0 Å². The molecule has 0 atom stereocenters. The third-order valence-electron chi connectivity index (χ3n) is 2.68. The van der Waals surface area contributed by atoms with Crippen LogP contribution in [0.4, 0.5) is 5.69 Å². The van der Waals surface area contributed by atoms with Crippen molar-refractivity contribution in [1.29, 1.82) is 0 Å². The number of aromatic nitrogens is 2. The van der Waals surface area contributed by atoms with Gasteiger partial charge in [-0.15, -0.1) is 0 Å². The molecular weight excluding hydrogens is 334 g/mol. The summed E-state index contributed by atoms with van der Waals surface area (Å²) in [7, 11) is -1.48. The second kappa shape index (κ2) is 6.24. The van der Waals surface area contributed by atoms with E-state index in [0.717, 1.165) is 13.3 Å². The quantitative estimate of drug-likeness (QED) is 0.797. The van der Waals surface area contributed by atoms with E-state index >= 15 is 0 Å². The Balaban J connectivity index is 2.34. The molecule has 0 aliphatic carbocycles. The van der Waals surface area contributed by atoms with Gasteiger partial charge in [-0.2, -0.15) is 13.5 Å². The third-order valence-corrected chi connectivity index (χ3v) is 4.33. The molecule has 2 aromatic rings. The zero-order valence-electron chi connectivity index (χ0n) is 11.6. The number of nitrogens with zero attached hydrogens (tertiary/aromatic N) is 1. The van der Waals surface area contributed by atoms with Crippen LogP contribution in [0.15, 0.2) is 29.4 Å². The lowest BCUT2D eigenvalue weighted by Gasteiger charge is -2.09. The Morgan fingerprint density at radius 1 is 1.36 bits per heavy atom. The van der Waals surface area contributed by atoms with Crippen molar-refractivity contribution >= 4 is 33.3 Å². The highest BCUT2D eigenvalue weighted by atomic mass is 35.5. The fourth-order valence-electron chi connectivity index (χ4n) is 1.67.